The lowest BCUT2D eigenvalue weighted by Gasteiger charge is -2.14. The quantitative estimate of drug-likeness (QED) is 0.755. The predicted molar refractivity (Wildman–Crippen MR) is 61.1 cm³/mol. The lowest BCUT2D eigenvalue weighted by atomic mass is 10.2. The molecule has 0 unspecified atom stereocenters. The monoisotopic (exact) mass is 291 g/mol. The van der Waals surface area contributed by atoms with Gasteiger partial charge in [-0.25, -0.2) is 0 Å². The molecule has 12 heavy (non-hydrogen) atoms. The molecule has 1 rings (SSSR count). The average molecular weight is 293 g/mol. The standard InChI is InChI=1S/C9H11Br2N/c1-12(2)9-4-3-7(6-10)5-8(9)11/h3-5H,6H2,1-2H3. The number of benzene rings is 1. The SMILES string of the molecule is CN(C)c1ccc(CBr)cc1Br. The Morgan fingerprint density at radius 2 is 2.00 bits per heavy atom. The van der Waals surface area contributed by atoms with E-state index in [1.807, 2.05) is 14.1 Å². The number of anilines is 1. The topological polar surface area (TPSA) is 3.24 Å². The zero-order valence-electron chi connectivity index (χ0n) is 7.14. The van der Waals surface area contributed by atoms with Gasteiger partial charge in [0.15, 0.2) is 0 Å². The Morgan fingerprint density at radius 3 is 2.42 bits per heavy atom. The average Bonchev–Trinajstić information content (AvgIpc) is 2.03. The summed E-state index contributed by atoms with van der Waals surface area (Å²) in [5, 5.41) is 0.902. The van der Waals surface area contributed by atoms with Crippen LogP contribution >= 0.6 is 31.9 Å². The molecule has 3 heteroatoms. The molecule has 1 aromatic carbocycles. The minimum absolute atomic E-state index is 0.902. The summed E-state index contributed by atoms with van der Waals surface area (Å²) in [4.78, 5) is 2.09. The third-order valence-corrected chi connectivity index (χ3v) is 2.93. The number of hydrogen-bond donors (Lipinski definition) is 0. The molecule has 0 saturated heterocycles. The van der Waals surface area contributed by atoms with Gasteiger partial charge < -0.3 is 4.90 Å². The molecule has 1 nitrogen and oxygen atoms in total. The molecule has 0 heterocycles. The molecule has 0 spiro atoms. The Balaban J connectivity index is 3.03. The first-order chi connectivity index (χ1) is 5.65. The van der Waals surface area contributed by atoms with Crippen molar-refractivity contribution in [3.8, 4) is 0 Å². The highest BCUT2D eigenvalue weighted by molar-refractivity contribution is 9.10. The first-order valence-corrected chi connectivity index (χ1v) is 5.58. The number of hydrogen-bond acceptors (Lipinski definition) is 1. The summed E-state index contributed by atoms with van der Waals surface area (Å²) in [6, 6.07) is 6.36. The summed E-state index contributed by atoms with van der Waals surface area (Å²) in [6.45, 7) is 0. The van der Waals surface area contributed by atoms with Crippen molar-refractivity contribution in [3.05, 3.63) is 28.2 Å². The van der Waals surface area contributed by atoms with E-state index in [0.29, 0.717) is 0 Å². The van der Waals surface area contributed by atoms with E-state index < -0.39 is 0 Å². The van der Waals surface area contributed by atoms with Crippen molar-refractivity contribution in [1.82, 2.24) is 0 Å². The summed E-state index contributed by atoms with van der Waals surface area (Å²) in [5.74, 6) is 0. The molecule has 0 N–H and O–H groups in total. The van der Waals surface area contributed by atoms with E-state index in [-0.39, 0.29) is 0 Å². The summed E-state index contributed by atoms with van der Waals surface area (Å²) >= 11 is 6.94. The molecule has 0 atom stereocenters. The van der Waals surface area contributed by atoms with E-state index in [4.69, 9.17) is 0 Å². The maximum absolute atomic E-state index is 3.53. The fraction of sp³-hybridized carbons (Fsp3) is 0.333. The Bertz CT molecular complexity index is 271. The molecule has 0 saturated carbocycles. The highest BCUT2D eigenvalue weighted by atomic mass is 79.9. The van der Waals surface area contributed by atoms with E-state index >= 15 is 0 Å². The van der Waals surface area contributed by atoms with Gasteiger partial charge in [-0.15, -0.1) is 0 Å². The van der Waals surface area contributed by atoms with Crippen LogP contribution in [0.4, 0.5) is 5.69 Å². The molecule has 0 aliphatic rings. The van der Waals surface area contributed by atoms with E-state index in [0.717, 1.165) is 9.80 Å². The van der Waals surface area contributed by atoms with Crippen molar-refractivity contribution in [1.29, 1.82) is 0 Å². The van der Waals surface area contributed by atoms with Crippen LogP contribution in [-0.2, 0) is 5.33 Å². The van der Waals surface area contributed by atoms with Crippen molar-refractivity contribution in [2.75, 3.05) is 19.0 Å². The second-order valence-corrected chi connectivity index (χ2v) is 4.23. The normalized spacial score (nSPS) is 10.0. The molecule has 0 aliphatic carbocycles. The fourth-order valence-corrected chi connectivity index (χ4v) is 2.13. The summed E-state index contributed by atoms with van der Waals surface area (Å²) < 4.78 is 1.14. The van der Waals surface area contributed by atoms with E-state index in [2.05, 4.69) is 55.0 Å². The zero-order chi connectivity index (χ0) is 9.14. The predicted octanol–water partition coefficient (Wildman–Crippen LogP) is 3.41. The summed E-state index contributed by atoms with van der Waals surface area (Å²) in [6.07, 6.45) is 0. The zero-order valence-corrected chi connectivity index (χ0v) is 10.3. The molecule has 66 valence electrons. The van der Waals surface area contributed by atoms with Gasteiger partial charge in [-0.2, -0.15) is 0 Å². The molecule has 0 aromatic heterocycles. The van der Waals surface area contributed by atoms with Crippen LogP contribution in [0.25, 0.3) is 0 Å². The Hall–Kier alpha value is -0.0200. The Morgan fingerprint density at radius 1 is 1.33 bits per heavy atom. The van der Waals surface area contributed by atoms with Crippen LogP contribution < -0.4 is 4.90 Å². The van der Waals surface area contributed by atoms with Gasteiger partial charge in [0.25, 0.3) is 0 Å². The van der Waals surface area contributed by atoms with E-state index in [9.17, 15) is 0 Å². The van der Waals surface area contributed by atoms with Crippen LogP contribution in [-0.4, -0.2) is 14.1 Å². The van der Waals surface area contributed by atoms with Gasteiger partial charge in [-0.1, -0.05) is 22.0 Å². The van der Waals surface area contributed by atoms with Crippen LogP contribution in [0.5, 0.6) is 0 Å². The smallest absolute Gasteiger partial charge is 0.0505 e. The fourth-order valence-electron chi connectivity index (χ4n) is 0.996. The maximum Gasteiger partial charge on any atom is 0.0505 e. The van der Waals surface area contributed by atoms with Crippen LogP contribution in [0.2, 0.25) is 0 Å². The lowest BCUT2D eigenvalue weighted by molar-refractivity contribution is 1.12. The number of halogens is 2. The van der Waals surface area contributed by atoms with Gasteiger partial charge in [0.05, 0.1) is 5.69 Å². The number of rotatable bonds is 2. The molecule has 0 fully saturated rings. The minimum Gasteiger partial charge on any atom is -0.377 e. The lowest BCUT2D eigenvalue weighted by Crippen LogP contribution is -2.09. The van der Waals surface area contributed by atoms with Gasteiger partial charge in [-0.05, 0) is 33.6 Å². The molecule has 0 bridgehead atoms. The van der Waals surface area contributed by atoms with Crippen molar-refractivity contribution >= 4 is 37.5 Å². The third kappa shape index (κ3) is 2.23. The number of alkyl halides is 1. The first kappa shape index (κ1) is 10.1. The van der Waals surface area contributed by atoms with Gasteiger partial charge in [0.1, 0.15) is 0 Å². The number of nitrogens with zero attached hydrogens (tertiary/aromatic N) is 1. The molecule has 0 amide bonds. The molecule has 1 aromatic rings. The molecular weight excluding hydrogens is 282 g/mol. The molecule has 0 aliphatic heterocycles. The highest BCUT2D eigenvalue weighted by Crippen LogP contribution is 2.26. The second kappa shape index (κ2) is 4.28. The Kier molecular flexibility index (Phi) is 3.59. The van der Waals surface area contributed by atoms with Crippen LogP contribution in [0.1, 0.15) is 5.56 Å². The van der Waals surface area contributed by atoms with Crippen molar-refractivity contribution in [3.63, 3.8) is 0 Å². The Labute approximate surface area is 90.0 Å². The van der Waals surface area contributed by atoms with Crippen molar-refractivity contribution < 1.29 is 0 Å². The van der Waals surface area contributed by atoms with Crippen LogP contribution in [0.3, 0.4) is 0 Å². The highest BCUT2D eigenvalue weighted by Gasteiger charge is 2.01. The van der Waals surface area contributed by atoms with Gasteiger partial charge >= 0.3 is 0 Å². The first-order valence-electron chi connectivity index (χ1n) is 3.67. The molecule has 0 radical (unpaired) electrons. The third-order valence-electron chi connectivity index (χ3n) is 1.65. The van der Waals surface area contributed by atoms with E-state index in [1.54, 1.807) is 0 Å². The largest absolute Gasteiger partial charge is 0.377 e. The summed E-state index contributed by atoms with van der Waals surface area (Å²) in [7, 11) is 4.07. The van der Waals surface area contributed by atoms with Crippen molar-refractivity contribution in [2.45, 2.75) is 5.33 Å². The second-order valence-electron chi connectivity index (χ2n) is 2.81. The van der Waals surface area contributed by atoms with Crippen molar-refractivity contribution in [2.24, 2.45) is 0 Å². The van der Waals surface area contributed by atoms with Gasteiger partial charge in [0.2, 0.25) is 0 Å². The van der Waals surface area contributed by atoms with Gasteiger partial charge in [0, 0.05) is 23.9 Å². The van der Waals surface area contributed by atoms with Crippen LogP contribution in [0, 0.1) is 0 Å². The van der Waals surface area contributed by atoms with Crippen LogP contribution in [0.15, 0.2) is 22.7 Å². The van der Waals surface area contributed by atoms with Gasteiger partial charge in [-0.3, -0.25) is 0 Å². The van der Waals surface area contributed by atoms with E-state index in [1.165, 1.54) is 11.3 Å². The minimum atomic E-state index is 0.902. The molecular formula is C9H11Br2N. The summed E-state index contributed by atoms with van der Waals surface area (Å²) in [5.41, 5.74) is 2.49. The maximum atomic E-state index is 3.53.